The first-order chi connectivity index (χ1) is 18.8. The number of aliphatic hydroxyl groups is 1. The molecule has 10 nitrogen and oxygen atoms in total. The van der Waals surface area contributed by atoms with Crippen molar-refractivity contribution in [3.05, 3.63) is 67.1 Å². The number of anilines is 1. The Morgan fingerprint density at radius 2 is 1.79 bits per heavy atom. The highest BCUT2D eigenvalue weighted by Crippen LogP contribution is 2.33. The number of phenols is 1. The summed E-state index contributed by atoms with van der Waals surface area (Å²) in [6.45, 7) is 4.10. The molecule has 0 saturated carbocycles. The normalized spacial score (nSPS) is 12.4. The number of imidazole rings is 1. The first-order valence-corrected chi connectivity index (χ1v) is 12.4. The van der Waals surface area contributed by atoms with Gasteiger partial charge in [0.15, 0.2) is 5.82 Å². The standard InChI is InChI=1S/C28H25FN8O2/c1-14(2)3-25(39)33-18-5-16(9-30-10-18)22-8-20-23(13-32-22)36-37-27(20)28-34-24-12-31-11-21(26(24)35-28)15-4-17(29)7-19(38)6-15/h4-14,25,33,38-39H,3H2,1-2H3,(H,34,35)(H,36,37). The largest absolute Gasteiger partial charge is 0.508 e. The smallest absolute Gasteiger partial charge is 0.159 e. The number of halogens is 1. The molecule has 196 valence electrons. The lowest BCUT2D eigenvalue weighted by atomic mass is 10.1. The summed E-state index contributed by atoms with van der Waals surface area (Å²) in [5, 5.41) is 31.5. The summed E-state index contributed by atoms with van der Waals surface area (Å²) in [7, 11) is 0. The van der Waals surface area contributed by atoms with Crippen molar-refractivity contribution >= 4 is 27.6 Å². The fraction of sp³-hybridized carbons (Fsp3) is 0.179. The number of fused-ring (bicyclic) bond motifs is 2. The van der Waals surface area contributed by atoms with Gasteiger partial charge in [0.1, 0.15) is 23.5 Å². The average molecular weight is 525 g/mol. The predicted molar refractivity (Wildman–Crippen MR) is 146 cm³/mol. The number of aromatic amines is 2. The molecule has 5 N–H and O–H groups in total. The minimum atomic E-state index is -0.679. The molecule has 0 aliphatic heterocycles. The monoisotopic (exact) mass is 524 g/mol. The van der Waals surface area contributed by atoms with Gasteiger partial charge < -0.3 is 20.5 Å². The molecule has 0 bridgehead atoms. The number of nitrogens with one attached hydrogen (secondary N) is 3. The van der Waals surface area contributed by atoms with Crippen LogP contribution in [0.4, 0.5) is 10.1 Å². The molecule has 1 atom stereocenters. The van der Waals surface area contributed by atoms with Gasteiger partial charge in [-0.2, -0.15) is 5.10 Å². The SMILES string of the molecule is CC(C)CC(O)Nc1cncc(-c2cc3c(-c4nc5c(-c6cc(O)cc(F)c6)cncc5[nH]4)n[nH]c3cn2)c1. The molecule has 0 saturated heterocycles. The Labute approximate surface area is 222 Å². The van der Waals surface area contributed by atoms with Crippen LogP contribution in [0.25, 0.3) is 55.8 Å². The molecule has 1 aromatic carbocycles. The second-order valence-electron chi connectivity index (χ2n) is 9.81. The number of pyridine rings is 3. The van der Waals surface area contributed by atoms with E-state index in [1.54, 1.807) is 31.0 Å². The third-order valence-corrected chi connectivity index (χ3v) is 6.32. The van der Waals surface area contributed by atoms with Crippen molar-refractivity contribution in [1.82, 2.24) is 35.1 Å². The van der Waals surface area contributed by atoms with E-state index in [1.165, 1.54) is 12.1 Å². The zero-order chi connectivity index (χ0) is 27.1. The van der Waals surface area contributed by atoms with E-state index >= 15 is 0 Å². The maximum absolute atomic E-state index is 14.0. The van der Waals surface area contributed by atoms with Gasteiger partial charge in [-0.15, -0.1) is 0 Å². The van der Waals surface area contributed by atoms with E-state index in [1.807, 2.05) is 26.0 Å². The van der Waals surface area contributed by atoms with Crippen LogP contribution in [-0.2, 0) is 0 Å². The van der Waals surface area contributed by atoms with E-state index in [2.05, 4.69) is 35.5 Å². The predicted octanol–water partition coefficient (Wildman–Crippen LogP) is 5.25. The van der Waals surface area contributed by atoms with E-state index in [0.29, 0.717) is 57.4 Å². The van der Waals surface area contributed by atoms with Gasteiger partial charge in [-0.3, -0.25) is 20.1 Å². The molecule has 0 fully saturated rings. The molecule has 6 rings (SSSR count). The molecule has 0 aliphatic rings. The van der Waals surface area contributed by atoms with Crippen molar-refractivity contribution in [2.45, 2.75) is 26.5 Å². The lowest BCUT2D eigenvalue weighted by molar-refractivity contribution is 0.176. The Bertz CT molecular complexity index is 1790. The van der Waals surface area contributed by atoms with Crippen LogP contribution in [-0.4, -0.2) is 51.6 Å². The van der Waals surface area contributed by atoms with Crippen molar-refractivity contribution in [3.8, 4) is 39.7 Å². The quantitative estimate of drug-likeness (QED) is 0.178. The van der Waals surface area contributed by atoms with E-state index in [-0.39, 0.29) is 5.75 Å². The Balaban J connectivity index is 1.38. The summed E-state index contributed by atoms with van der Waals surface area (Å²) >= 11 is 0. The van der Waals surface area contributed by atoms with Gasteiger partial charge in [-0.25, -0.2) is 9.37 Å². The topological polar surface area (TPSA) is 149 Å². The number of aromatic nitrogens is 7. The Hall–Kier alpha value is -4.90. The third-order valence-electron chi connectivity index (χ3n) is 6.32. The van der Waals surface area contributed by atoms with Crippen LogP contribution in [0.2, 0.25) is 0 Å². The number of hydrogen-bond acceptors (Lipinski definition) is 8. The van der Waals surface area contributed by atoms with Gasteiger partial charge in [0.25, 0.3) is 0 Å². The first kappa shape index (κ1) is 24.4. The van der Waals surface area contributed by atoms with Crippen molar-refractivity contribution in [3.63, 3.8) is 0 Å². The van der Waals surface area contributed by atoms with Crippen LogP contribution in [0.3, 0.4) is 0 Å². The van der Waals surface area contributed by atoms with Gasteiger partial charge in [0, 0.05) is 35.0 Å². The molecule has 0 amide bonds. The molecule has 5 aromatic heterocycles. The van der Waals surface area contributed by atoms with Gasteiger partial charge in [-0.1, -0.05) is 13.8 Å². The lowest BCUT2D eigenvalue weighted by Crippen LogP contribution is -2.20. The van der Waals surface area contributed by atoms with E-state index in [0.717, 1.165) is 22.5 Å². The number of rotatable bonds is 7. The van der Waals surface area contributed by atoms with E-state index in [4.69, 9.17) is 4.98 Å². The number of hydrogen-bond donors (Lipinski definition) is 5. The minimum Gasteiger partial charge on any atom is -0.508 e. The zero-order valence-corrected chi connectivity index (χ0v) is 21.1. The third kappa shape index (κ3) is 4.87. The summed E-state index contributed by atoms with van der Waals surface area (Å²) in [5.74, 6) is 0.102. The maximum atomic E-state index is 14.0. The zero-order valence-electron chi connectivity index (χ0n) is 21.1. The molecule has 0 aliphatic carbocycles. The number of nitrogens with zero attached hydrogens (tertiary/aromatic N) is 5. The number of benzene rings is 1. The molecule has 6 aromatic rings. The van der Waals surface area contributed by atoms with E-state index in [9.17, 15) is 14.6 Å². The van der Waals surface area contributed by atoms with Crippen LogP contribution in [0.5, 0.6) is 5.75 Å². The molecule has 5 heterocycles. The Kier molecular flexibility index (Phi) is 6.12. The summed E-state index contributed by atoms with van der Waals surface area (Å²) < 4.78 is 14.0. The number of H-pyrrole nitrogens is 2. The summed E-state index contributed by atoms with van der Waals surface area (Å²) in [5.41, 5.74) is 5.67. The summed E-state index contributed by atoms with van der Waals surface area (Å²) in [6, 6.07) is 7.62. The Morgan fingerprint density at radius 3 is 2.62 bits per heavy atom. The maximum Gasteiger partial charge on any atom is 0.159 e. The average Bonchev–Trinajstić information content (AvgIpc) is 3.51. The highest BCUT2D eigenvalue weighted by atomic mass is 19.1. The fourth-order valence-corrected chi connectivity index (χ4v) is 4.60. The van der Waals surface area contributed by atoms with Crippen molar-refractivity contribution in [1.29, 1.82) is 0 Å². The molecular weight excluding hydrogens is 499 g/mol. The first-order valence-electron chi connectivity index (χ1n) is 12.4. The minimum absolute atomic E-state index is 0.181. The van der Waals surface area contributed by atoms with Gasteiger partial charge in [0.2, 0.25) is 0 Å². The van der Waals surface area contributed by atoms with Crippen LogP contribution in [0.15, 0.2) is 61.3 Å². The van der Waals surface area contributed by atoms with Crippen LogP contribution in [0.1, 0.15) is 20.3 Å². The Morgan fingerprint density at radius 1 is 0.949 bits per heavy atom. The van der Waals surface area contributed by atoms with Crippen molar-refractivity contribution in [2.24, 2.45) is 5.92 Å². The fourth-order valence-electron chi connectivity index (χ4n) is 4.60. The second-order valence-corrected chi connectivity index (χ2v) is 9.81. The van der Waals surface area contributed by atoms with Gasteiger partial charge in [-0.05, 0) is 42.2 Å². The van der Waals surface area contributed by atoms with Crippen LogP contribution in [0, 0.1) is 11.7 Å². The second kappa shape index (κ2) is 9.76. The van der Waals surface area contributed by atoms with E-state index < -0.39 is 12.0 Å². The molecule has 39 heavy (non-hydrogen) atoms. The molecule has 0 radical (unpaired) electrons. The number of aliphatic hydroxyl groups excluding tert-OH is 1. The number of phenolic OH excluding ortho intramolecular Hbond substituents is 1. The van der Waals surface area contributed by atoms with Crippen molar-refractivity contribution in [2.75, 3.05) is 5.32 Å². The molecule has 1 unspecified atom stereocenters. The summed E-state index contributed by atoms with van der Waals surface area (Å²) in [6.07, 6.45) is 8.21. The molecule has 11 heteroatoms. The highest BCUT2D eigenvalue weighted by Gasteiger charge is 2.17. The summed E-state index contributed by atoms with van der Waals surface area (Å²) in [4.78, 5) is 21.2. The van der Waals surface area contributed by atoms with Crippen LogP contribution >= 0.6 is 0 Å². The van der Waals surface area contributed by atoms with Gasteiger partial charge >= 0.3 is 0 Å². The number of aromatic hydroxyl groups is 1. The van der Waals surface area contributed by atoms with Crippen molar-refractivity contribution < 1.29 is 14.6 Å². The van der Waals surface area contributed by atoms with Gasteiger partial charge in [0.05, 0.1) is 46.5 Å². The highest BCUT2D eigenvalue weighted by molar-refractivity contribution is 5.97. The van der Waals surface area contributed by atoms with Crippen LogP contribution < -0.4 is 5.32 Å². The molecular formula is C28H25FN8O2. The molecule has 0 spiro atoms. The lowest BCUT2D eigenvalue weighted by Gasteiger charge is -2.16.